The molecule has 0 amide bonds. The molecule has 2 nitrogen and oxygen atoms in total. The first kappa shape index (κ1) is 13.0. The predicted octanol–water partition coefficient (Wildman–Crippen LogP) is 5.95. The van der Waals surface area contributed by atoms with E-state index in [1.165, 1.54) is 0 Å². The minimum atomic E-state index is 0.0816. The fourth-order valence-electron chi connectivity index (χ4n) is 4.10. The Hall–Kier alpha value is -3.39. The SMILES string of the molecule is O=C1c2ccc3ccccc3c2-c2c1ccc1c2oc2ccccc21. The van der Waals surface area contributed by atoms with Crippen LogP contribution in [-0.2, 0) is 0 Å². The molecule has 6 rings (SSSR count). The maximum atomic E-state index is 12.9. The van der Waals surface area contributed by atoms with Crippen LogP contribution in [0, 0.1) is 0 Å². The van der Waals surface area contributed by atoms with Gasteiger partial charge in [-0.05, 0) is 35.0 Å². The van der Waals surface area contributed by atoms with Gasteiger partial charge >= 0.3 is 0 Å². The molecule has 0 atom stereocenters. The molecule has 0 radical (unpaired) electrons. The Morgan fingerprint density at radius 3 is 2.24 bits per heavy atom. The molecule has 1 aromatic heterocycles. The second-order valence-electron chi connectivity index (χ2n) is 6.50. The van der Waals surface area contributed by atoms with Gasteiger partial charge in [-0.15, -0.1) is 0 Å². The van der Waals surface area contributed by atoms with Crippen LogP contribution in [-0.4, -0.2) is 5.78 Å². The fourth-order valence-corrected chi connectivity index (χ4v) is 4.10. The maximum absolute atomic E-state index is 12.9. The molecular formula is C23H12O2. The smallest absolute Gasteiger partial charge is 0.194 e. The number of hydrogen-bond donors (Lipinski definition) is 0. The molecule has 116 valence electrons. The van der Waals surface area contributed by atoms with Crippen LogP contribution in [0.15, 0.2) is 77.2 Å². The second-order valence-corrected chi connectivity index (χ2v) is 6.50. The molecule has 0 aliphatic heterocycles. The van der Waals surface area contributed by atoms with E-state index in [1.807, 2.05) is 54.6 Å². The van der Waals surface area contributed by atoms with Crippen LogP contribution < -0.4 is 0 Å². The zero-order valence-corrected chi connectivity index (χ0v) is 13.2. The van der Waals surface area contributed by atoms with Gasteiger partial charge in [-0.2, -0.15) is 0 Å². The molecule has 0 fully saturated rings. The lowest BCUT2D eigenvalue weighted by atomic mass is 9.96. The lowest BCUT2D eigenvalue weighted by molar-refractivity contribution is 0.104. The Kier molecular flexibility index (Phi) is 2.26. The number of rotatable bonds is 0. The van der Waals surface area contributed by atoms with Crippen molar-refractivity contribution >= 4 is 38.5 Å². The summed E-state index contributed by atoms with van der Waals surface area (Å²) in [5.41, 5.74) is 5.10. The van der Waals surface area contributed by atoms with E-state index in [1.54, 1.807) is 0 Å². The van der Waals surface area contributed by atoms with Gasteiger partial charge in [0.1, 0.15) is 11.2 Å². The van der Waals surface area contributed by atoms with Crippen molar-refractivity contribution in [2.75, 3.05) is 0 Å². The highest BCUT2D eigenvalue weighted by molar-refractivity contribution is 6.30. The van der Waals surface area contributed by atoms with Crippen molar-refractivity contribution in [2.24, 2.45) is 0 Å². The van der Waals surface area contributed by atoms with Gasteiger partial charge in [-0.3, -0.25) is 4.79 Å². The highest BCUT2D eigenvalue weighted by Crippen LogP contribution is 2.46. The first-order valence-electron chi connectivity index (χ1n) is 8.34. The summed E-state index contributed by atoms with van der Waals surface area (Å²) in [6.45, 7) is 0. The first-order chi connectivity index (χ1) is 12.3. The van der Waals surface area contributed by atoms with Crippen molar-refractivity contribution in [3.8, 4) is 11.1 Å². The highest BCUT2D eigenvalue weighted by atomic mass is 16.3. The summed E-state index contributed by atoms with van der Waals surface area (Å²) in [6, 6.07) is 24.1. The molecule has 0 saturated heterocycles. The van der Waals surface area contributed by atoms with E-state index in [0.717, 1.165) is 55.0 Å². The largest absolute Gasteiger partial charge is 0.455 e. The summed E-state index contributed by atoms with van der Waals surface area (Å²) < 4.78 is 6.20. The standard InChI is InChI=1S/C23H12O2/c24-22-17-10-9-13-5-1-2-6-14(13)20(17)21-18(22)12-11-16-15-7-3-4-8-19(15)25-23(16)21/h1-12H. The van der Waals surface area contributed by atoms with Gasteiger partial charge in [0.15, 0.2) is 5.78 Å². The average molecular weight is 320 g/mol. The molecule has 5 aromatic rings. The summed E-state index contributed by atoms with van der Waals surface area (Å²) in [5, 5.41) is 4.37. The number of furan rings is 1. The second kappa shape index (κ2) is 4.37. The molecule has 0 spiro atoms. The van der Waals surface area contributed by atoms with E-state index >= 15 is 0 Å². The number of fused-ring (bicyclic) bond motifs is 9. The van der Waals surface area contributed by atoms with Crippen LogP contribution in [0.2, 0.25) is 0 Å². The van der Waals surface area contributed by atoms with Gasteiger partial charge in [0.25, 0.3) is 0 Å². The van der Waals surface area contributed by atoms with Crippen LogP contribution in [0.3, 0.4) is 0 Å². The van der Waals surface area contributed by atoms with E-state index in [2.05, 4.69) is 18.2 Å². The van der Waals surface area contributed by atoms with Crippen LogP contribution in [0.25, 0.3) is 43.8 Å². The molecule has 0 bridgehead atoms. The Morgan fingerprint density at radius 2 is 1.32 bits per heavy atom. The molecule has 0 saturated carbocycles. The molecule has 0 N–H and O–H groups in total. The van der Waals surface area contributed by atoms with Crippen molar-refractivity contribution < 1.29 is 9.21 Å². The zero-order valence-electron chi connectivity index (χ0n) is 13.2. The summed E-state index contributed by atoms with van der Waals surface area (Å²) in [4.78, 5) is 12.9. The third-order valence-electron chi connectivity index (χ3n) is 5.22. The minimum absolute atomic E-state index is 0.0816. The van der Waals surface area contributed by atoms with Crippen LogP contribution in [0.1, 0.15) is 15.9 Å². The summed E-state index contributed by atoms with van der Waals surface area (Å²) in [6.07, 6.45) is 0. The van der Waals surface area contributed by atoms with Crippen LogP contribution in [0.5, 0.6) is 0 Å². The number of benzene rings is 4. The maximum Gasteiger partial charge on any atom is 0.194 e. The monoisotopic (exact) mass is 320 g/mol. The molecule has 0 unspecified atom stereocenters. The fraction of sp³-hybridized carbons (Fsp3) is 0. The Bertz CT molecular complexity index is 1360. The van der Waals surface area contributed by atoms with Crippen molar-refractivity contribution in [3.63, 3.8) is 0 Å². The molecule has 4 aromatic carbocycles. The lowest BCUT2D eigenvalue weighted by Crippen LogP contribution is -1.94. The van der Waals surface area contributed by atoms with Gasteiger partial charge < -0.3 is 4.42 Å². The summed E-state index contributed by atoms with van der Waals surface area (Å²) >= 11 is 0. The molecule has 1 heterocycles. The van der Waals surface area contributed by atoms with E-state index < -0.39 is 0 Å². The topological polar surface area (TPSA) is 30.2 Å². The average Bonchev–Trinajstić information content (AvgIpc) is 3.18. The molecule has 1 aliphatic rings. The lowest BCUT2D eigenvalue weighted by Gasteiger charge is -2.06. The van der Waals surface area contributed by atoms with Crippen molar-refractivity contribution in [3.05, 3.63) is 83.9 Å². The third kappa shape index (κ3) is 1.52. The first-order valence-corrected chi connectivity index (χ1v) is 8.34. The van der Waals surface area contributed by atoms with E-state index in [0.29, 0.717) is 0 Å². The number of carbonyl (C=O) groups excluding carboxylic acids is 1. The normalized spacial score (nSPS) is 12.9. The quantitative estimate of drug-likeness (QED) is 0.346. The van der Waals surface area contributed by atoms with Gasteiger partial charge in [0.05, 0.1) is 0 Å². The summed E-state index contributed by atoms with van der Waals surface area (Å²) in [7, 11) is 0. The van der Waals surface area contributed by atoms with E-state index in [9.17, 15) is 4.79 Å². The van der Waals surface area contributed by atoms with Crippen molar-refractivity contribution in [2.45, 2.75) is 0 Å². The number of ketones is 1. The minimum Gasteiger partial charge on any atom is -0.455 e. The highest BCUT2D eigenvalue weighted by Gasteiger charge is 2.31. The van der Waals surface area contributed by atoms with Crippen LogP contribution in [0.4, 0.5) is 0 Å². The van der Waals surface area contributed by atoms with Crippen LogP contribution >= 0.6 is 0 Å². The van der Waals surface area contributed by atoms with E-state index in [4.69, 9.17) is 4.42 Å². The predicted molar refractivity (Wildman–Crippen MR) is 100 cm³/mol. The van der Waals surface area contributed by atoms with Gasteiger partial charge in [-0.1, -0.05) is 48.5 Å². The van der Waals surface area contributed by atoms with Crippen molar-refractivity contribution in [1.29, 1.82) is 0 Å². The van der Waals surface area contributed by atoms with Crippen molar-refractivity contribution in [1.82, 2.24) is 0 Å². The summed E-state index contributed by atoms with van der Waals surface area (Å²) in [5.74, 6) is 0.0816. The van der Waals surface area contributed by atoms with Gasteiger partial charge in [0, 0.05) is 33.0 Å². The number of carbonyl (C=O) groups is 1. The molecule has 25 heavy (non-hydrogen) atoms. The molecule has 2 heteroatoms. The Labute approximate surface area is 143 Å². The number of hydrogen-bond acceptors (Lipinski definition) is 2. The molecule has 1 aliphatic carbocycles. The Morgan fingerprint density at radius 1 is 0.600 bits per heavy atom. The van der Waals surface area contributed by atoms with Gasteiger partial charge in [0.2, 0.25) is 0 Å². The number of para-hydroxylation sites is 1. The molecular weight excluding hydrogens is 308 g/mol. The van der Waals surface area contributed by atoms with Gasteiger partial charge in [-0.25, -0.2) is 0 Å². The zero-order chi connectivity index (χ0) is 16.5. The third-order valence-corrected chi connectivity index (χ3v) is 5.22. The Balaban J connectivity index is 1.87. The van der Waals surface area contributed by atoms with E-state index in [-0.39, 0.29) is 5.78 Å².